The molecule has 0 aliphatic carbocycles. The summed E-state index contributed by atoms with van der Waals surface area (Å²) in [4.78, 5) is 3.54. The van der Waals surface area contributed by atoms with Crippen LogP contribution in [0.3, 0.4) is 0 Å². The van der Waals surface area contributed by atoms with Crippen molar-refractivity contribution in [1.82, 2.24) is 10.2 Å². The van der Waals surface area contributed by atoms with E-state index in [0.29, 0.717) is 25.2 Å². The third kappa shape index (κ3) is 5.06. The number of nitrogens with zero attached hydrogens (tertiary/aromatic N) is 1. The van der Waals surface area contributed by atoms with Crippen molar-refractivity contribution in [1.29, 1.82) is 0 Å². The predicted octanol–water partition coefficient (Wildman–Crippen LogP) is 2.49. The van der Waals surface area contributed by atoms with Gasteiger partial charge in [0.25, 0.3) is 0 Å². The first kappa shape index (κ1) is 15.6. The Kier molecular flexibility index (Phi) is 5.79. The Balaban J connectivity index is 2.50. The number of thiophene rings is 1. The van der Waals surface area contributed by atoms with Gasteiger partial charge >= 0.3 is 0 Å². The molecule has 0 saturated carbocycles. The van der Waals surface area contributed by atoms with Crippen molar-refractivity contribution < 1.29 is 5.11 Å². The van der Waals surface area contributed by atoms with E-state index < -0.39 is 5.60 Å². The first-order valence-electron chi connectivity index (χ1n) is 6.51. The van der Waals surface area contributed by atoms with Crippen LogP contribution in [0, 0.1) is 0 Å². The highest BCUT2D eigenvalue weighted by molar-refractivity contribution is 7.10. The molecule has 104 valence electrons. The number of rotatable bonds is 7. The number of likely N-dealkylation sites (N-methyl/N-ethyl adjacent to an activating group) is 1. The van der Waals surface area contributed by atoms with Gasteiger partial charge in [-0.05, 0) is 32.3 Å². The van der Waals surface area contributed by atoms with Gasteiger partial charge in [-0.2, -0.15) is 0 Å². The summed E-state index contributed by atoms with van der Waals surface area (Å²) in [6.07, 6.45) is 0. The molecule has 2 unspecified atom stereocenters. The molecule has 0 saturated heterocycles. The van der Waals surface area contributed by atoms with Crippen molar-refractivity contribution in [3.63, 3.8) is 0 Å². The van der Waals surface area contributed by atoms with E-state index in [4.69, 9.17) is 0 Å². The quantitative estimate of drug-likeness (QED) is 0.799. The van der Waals surface area contributed by atoms with Gasteiger partial charge in [-0.15, -0.1) is 11.3 Å². The smallest absolute Gasteiger partial charge is 0.0869 e. The summed E-state index contributed by atoms with van der Waals surface area (Å²) < 4.78 is 0. The maximum absolute atomic E-state index is 10.4. The zero-order valence-corrected chi connectivity index (χ0v) is 12.9. The van der Waals surface area contributed by atoms with Gasteiger partial charge < -0.3 is 10.4 Å². The summed E-state index contributed by atoms with van der Waals surface area (Å²) in [5.74, 6) is 0. The zero-order valence-electron chi connectivity index (χ0n) is 12.1. The first-order valence-corrected chi connectivity index (χ1v) is 7.39. The molecule has 18 heavy (non-hydrogen) atoms. The van der Waals surface area contributed by atoms with Crippen LogP contribution in [0.2, 0.25) is 0 Å². The highest BCUT2D eigenvalue weighted by atomic mass is 32.1. The van der Waals surface area contributed by atoms with E-state index in [-0.39, 0.29) is 0 Å². The molecular formula is C14H26N2OS. The molecule has 4 heteroatoms. The normalized spacial score (nSPS) is 17.1. The number of aliphatic hydroxyl groups is 1. The van der Waals surface area contributed by atoms with Crippen LogP contribution in [-0.4, -0.2) is 41.8 Å². The topological polar surface area (TPSA) is 35.5 Å². The molecule has 1 rings (SSSR count). The van der Waals surface area contributed by atoms with Crippen LogP contribution in [0.1, 0.15) is 38.6 Å². The summed E-state index contributed by atoms with van der Waals surface area (Å²) in [6.45, 7) is 9.53. The second-order valence-electron chi connectivity index (χ2n) is 5.64. The molecule has 0 amide bonds. The van der Waals surface area contributed by atoms with E-state index in [0.717, 1.165) is 0 Å². The molecule has 0 aliphatic heterocycles. The van der Waals surface area contributed by atoms with Gasteiger partial charge in [0.2, 0.25) is 0 Å². The van der Waals surface area contributed by atoms with Gasteiger partial charge in [-0.25, -0.2) is 0 Å². The minimum atomic E-state index is -0.704. The standard InChI is InChI=1S/C14H26N2OS/c1-11(2)15-9-14(4,17)10-16(5)12(3)13-7-6-8-18-13/h6-8,11-12,15,17H,9-10H2,1-5H3. The second kappa shape index (κ2) is 6.66. The van der Waals surface area contributed by atoms with Crippen LogP contribution < -0.4 is 5.32 Å². The molecule has 0 bridgehead atoms. The summed E-state index contributed by atoms with van der Waals surface area (Å²) in [5, 5.41) is 15.8. The lowest BCUT2D eigenvalue weighted by Gasteiger charge is -2.33. The molecule has 0 radical (unpaired) electrons. The van der Waals surface area contributed by atoms with E-state index >= 15 is 0 Å². The largest absolute Gasteiger partial charge is 0.388 e. The fourth-order valence-electron chi connectivity index (χ4n) is 1.90. The predicted molar refractivity (Wildman–Crippen MR) is 79.1 cm³/mol. The van der Waals surface area contributed by atoms with Crippen molar-refractivity contribution in [3.05, 3.63) is 22.4 Å². The highest BCUT2D eigenvalue weighted by Crippen LogP contribution is 2.24. The molecule has 2 N–H and O–H groups in total. The minimum Gasteiger partial charge on any atom is -0.388 e. The van der Waals surface area contributed by atoms with Gasteiger partial charge in [0, 0.05) is 30.1 Å². The molecule has 2 atom stereocenters. The third-order valence-corrected chi connectivity index (χ3v) is 4.14. The Bertz CT molecular complexity index is 336. The molecule has 0 aromatic carbocycles. The second-order valence-corrected chi connectivity index (χ2v) is 6.62. The Morgan fingerprint density at radius 2 is 2.11 bits per heavy atom. The molecule has 0 fully saturated rings. The van der Waals surface area contributed by atoms with Crippen molar-refractivity contribution in [2.75, 3.05) is 20.1 Å². The Morgan fingerprint density at radius 1 is 1.44 bits per heavy atom. The van der Waals surface area contributed by atoms with E-state index in [1.807, 2.05) is 6.92 Å². The average molecular weight is 270 g/mol. The minimum absolute atomic E-state index is 0.343. The van der Waals surface area contributed by atoms with E-state index in [1.165, 1.54) is 4.88 Å². The molecule has 0 aliphatic rings. The van der Waals surface area contributed by atoms with Crippen molar-refractivity contribution in [2.24, 2.45) is 0 Å². The average Bonchev–Trinajstić information content (AvgIpc) is 2.78. The maximum atomic E-state index is 10.4. The Labute approximate surface area is 115 Å². The van der Waals surface area contributed by atoms with E-state index in [9.17, 15) is 5.11 Å². The van der Waals surface area contributed by atoms with Gasteiger partial charge in [0.15, 0.2) is 0 Å². The van der Waals surface area contributed by atoms with Crippen molar-refractivity contribution in [3.8, 4) is 0 Å². The van der Waals surface area contributed by atoms with Crippen LogP contribution in [0.5, 0.6) is 0 Å². The van der Waals surface area contributed by atoms with Crippen LogP contribution in [0.15, 0.2) is 17.5 Å². The number of nitrogens with one attached hydrogen (secondary N) is 1. The van der Waals surface area contributed by atoms with Crippen LogP contribution in [-0.2, 0) is 0 Å². The number of hydrogen-bond donors (Lipinski definition) is 2. The Hall–Kier alpha value is -0.420. The summed E-state index contributed by atoms with van der Waals surface area (Å²) >= 11 is 1.76. The summed E-state index contributed by atoms with van der Waals surface area (Å²) in [6, 6.07) is 4.96. The van der Waals surface area contributed by atoms with E-state index in [2.05, 4.69) is 55.5 Å². The van der Waals surface area contributed by atoms with Crippen LogP contribution in [0.4, 0.5) is 0 Å². The molecule has 1 aromatic heterocycles. The van der Waals surface area contributed by atoms with Crippen LogP contribution >= 0.6 is 11.3 Å². The van der Waals surface area contributed by atoms with Crippen molar-refractivity contribution >= 4 is 11.3 Å². The molecule has 1 aromatic rings. The lowest BCUT2D eigenvalue weighted by molar-refractivity contribution is 0.0165. The van der Waals surface area contributed by atoms with Gasteiger partial charge in [-0.3, -0.25) is 4.90 Å². The van der Waals surface area contributed by atoms with Gasteiger partial charge in [0.05, 0.1) is 5.60 Å². The molecule has 3 nitrogen and oxygen atoms in total. The molecule has 0 spiro atoms. The van der Waals surface area contributed by atoms with Crippen LogP contribution in [0.25, 0.3) is 0 Å². The number of hydrogen-bond acceptors (Lipinski definition) is 4. The first-order chi connectivity index (χ1) is 8.32. The summed E-state index contributed by atoms with van der Waals surface area (Å²) in [7, 11) is 2.06. The molecular weight excluding hydrogens is 244 g/mol. The van der Waals surface area contributed by atoms with E-state index in [1.54, 1.807) is 11.3 Å². The fraction of sp³-hybridized carbons (Fsp3) is 0.714. The van der Waals surface area contributed by atoms with Gasteiger partial charge in [0.1, 0.15) is 0 Å². The fourth-order valence-corrected chi connectivity index (χ4v) is 2.75. The van der Waals surface area contributed by atoms with Crippen molar-refractivity contribution in [2.45, 2.75) is 45.4 Å². The maximum Gasteiger partial charge on any atom is 0.0869 e. The lowest BCUT2D eigenvalue weighted by atomic mass is 10.1. The lowest BCUT2D eigenvalue weighted by Crippen LogP contribution is -2.48. The SMILES string of the molecule is CC(C)NCC(C)(O)CN(C)C(C)c1cccs1. The zero-order chi connectivity index (χ0) is 13.8. The molecule has 1 heterocycles. The van der Waals surface area contributed by atoms with Gasteiger partial charge in [-0.1, -0.05) is 19.9 Å². The Morgan fingerprint density at radius 3 is 2.61 bits per heavy atom. The highest BCUT2D eigenvalue weighted by Gasteiger charge is 2.25. The summed E-state index contributed by atoms with van der Waals surface area (Å²) in [5.41, 5.74) is -0.704. The monoisotopic (exact) mass is 270 g/mol. The third-order valence-electron chi connectivity index (χ3n) is 3.10.